The molecule has 2 aromatic rings. The normalized spacial score (nSPS) is 10.2. The van der Waals surface area contributed by atoms with Gasteiger partial charge < -0.3 is 0 Å². The third-order valence-corrected chi connectivity index (χ3v) is 2.50. The summed E-state index contributed by atoms with van der Waals surface area (Å²) in [5, 5.41) is 0. The summed E-state index contributed by atoms with van der Waals surface area (Å²) in [6.07, 6.45) is 3.77. The van der Waals surface area contributed by atoms with E-state index in [1.165, 1.54) is 0 Å². The van der Waals surface area contributed by atoms with E-state index in [1.54, 1.807) is 0 Å². The van der Waals surface area contributed by atoms with Crippen molar-refractivity contribution in [2.75, 3.05) is 0 Å². The van der Waals surface area contributed by atoms with Gasteiger partial charge in [-0.15, -0.1) is 0 Å². The van der Waals surface area contributed by atoms with E-state index < -0.39 is 0 Å². The van der Waals surface area contributed by atoms with Gasteiger partial charge in [0.1, 0.15) is 0 Å². The molecular formula is C9H7IrN2. The Morgan fingerprint density at radius 1 is 1.17 bits per heavy atom. The minimum absolute atomic E-state index is 1.02. The molecule has 0 saturated heterocycles. The van der Waals surface area contributed by atoms with Crippen LogP contribution in [0.25, 0.3) is 5.69 Å². The van der Waals surface area contributed by atoms with Crippen LogP contribution in [0.1, 0.15) is 0 Å². The first-order valence-corrected chi connectivity index (χ1v) is 4.80. The summed E-state index contributed by atoms with van der Waals surface area (Å²) < 4.78 is 3.07. The number of hydrogen-bond donors (Lipinski definition) is 0. The first-order chi connectivity index (χ1) is 5.88. The second-order valence-corrected chi connectivity index (χ2v) is 3.45. The third-order valence-electron chi connectivity index (χ3n) is 1.61. The predicted molar refractivity (Wildman–Crippen MR) is 43.2 cm³/mol. The molecule has 62 valence electrons. The molecule has 12 heavy (non-hydrogen) atoms. The number of aromatic nitrogens is 2. The van der Waals surface area contributed by atoms with Crippen LogP contribution in [-0.4, -0.2) is 9.55 Å². The van der Waals surface area contributed by atoms with Crippen molar-refractivity contribution in [2.45, 2.75) is 0 Å². The second kappa shape index (κ2) is 3.21. The molecule has 0 bridgehead atoms. The van der Waals surface area contributed by atoms with Gasteiger partial charge >= 0.3 is 81.2 Å². The van der Waals surface area contributed by atoms with Gasteiger partial charge in [0.2, 0.25) is 0 Å². The fraction of sp³-hybridized carbons (Fsp3) is 0. The Bertz CT molecular complexity index is 367. The van der Waals surface area contributed by atoms with Gasteiger partial charge in [0, 0.05) is 0 Å². The van der Waals surface area contributed by atoms with Crippen LogP contribution in [0.3, 0.4) is 0 Å². The summed E-state index contributed by atoms with van der Waals surface area (Å²) in [5.74, 6) is 0. The molecule has 1 heterocycles. The van der Waals surface area contributed by atoms with Crippen LogP contribution >= 0.6 is 0 Å². The summed E-state index contributed by atoms with van der Waals surface area (Å²) in [4.78, 5) is 4.16. The Hall–Kier alpha value is -0.921. The Morgan fingerprint density at radius 3 is 2.50 bits per heavy atom. The first-order valence-electron chi connectivity index (χ1n) is 3.60. The van der Waals surface area contributed by atoms with Gasteiger partial charge in [-0.05, 0) is 0 Å². The van der Waals surface area contributed by atoms with E-state index in [-0.39, 0.29) is 0 Å². The number of para-hydroxylation sites is 1. The van der Waals surface area contributed by atoms with Crippen molar-refractivity contribution >= 4 is 4.34 Å². The van der Waals surface area contributed by atoms with Gasteiger partial charge in [-0.2, -0.15) is 0 Å². The zero-order valence-electron chi connectivity index (χ0n) is 6.27. The molecule has 0 aliphatic heterocycles. The minimum atomic E-state index is 1.02. The maximum absolute atomic E-state index is 4.16. The van der Waals surface area contributed by atoms with Crippen LogP contribution in [0.5, 0.6) is 0 Å². The Kier molecular flexibility index (Phi) is 2.07. The molecule has 2 nitrogen and oxygen atoms in total. The molecule has 2 rings (SSSR count). The van der Waals surface area contributed by atoms with E-state index in [1.807, 2.05) is 49.5 Å². The van der Waals surface area contributed by atoms with E-state index >= 15 is 0 Å². The fourth-order valence-corrected chi connectivity index (χ4v) is 1.72. The Labute approximate surface area is 81.4 Å². The zero-order valence-corrected chi connectivity index (χ0v) is 8.66. The summed E-state index contributed by atoms with van der Waals surface area (Å²) in [6.45, 7) is 0. The van der Waals surface area contributed by atoms with Crippen molar-refractivity contribution in [1.82, 2.24) is 9.55 Å². The molecule has 0 radical (unpaired) electrons. The molecule has 0 saturated carbocycles. The predicted octanol–water partition coefficient (Wildman–Crippen LogP) is 1.04. The summed E-state index contributed by atoms with van der Waals surface area (Å²) >= 11 is 1.99. The topological polar surface area (TPSA) is 17.8 Å². The van der Waals surface area contributed by atoms with Crippen molar-refractivity contribution in [2.24, 2.45) is 0 Å². The van der Waals surface area contributed by atoms with Gasteiger partial charge in [-0.3, -0.25) is 0 Å². The molecule has 0 aliphatic rings. The fourth-order valence-electron chi connectivity index (χ4n) is 1.05. The number of imidazole rings is 1. The molecule has 0 atom stereocenters. The third kappa shape index (κ3) is 1.33. The molecule has 0 fully saturated rings. The van der Waals surface area contributed by atoms with Crippen LogP contribution in [0, 0.1) is 0 Å². The van der Waals surface area contributed by atoms with Crippen molar-refractivity contribution in [3.63, 3.8) is 0 Å². The van der Waals surface area contributed by atoms with Crippen LogP contribution in [-0.2, 0) is 18.9 Å². The van der Waals surface area contributed by atoms with Crippen LogP contribution in [0.15, 0.2) is 42.7 Å². The molecule has 0 aliphatic carbocycles. The molecule has 0 amide bonds. The number of hydrogen-bond acceptors (Lipinski definition) is 1. The summed E-state index contributed by atoms with van der Waals surface area (Å²) in [6, 6.07) is 10.2. The second-order valence-electron chi connectivity index (χ2n) is 2.38. The SMILES string of the molecule is [Ir][c]1nccn1-c1ccccc1. The Balaban J connectivity index is 2.51. The van der Waals surface area contributed by atoms with E-state index in [9.17, 15) is 0 Å². The molecule has 0 N–H and O–H groups in total. The quantitative estimate of drug-likeness (QED) is 0.762. The molecular weight excluding hydrogens is 328 g/mol. The van der Waals surface area contributed by atoms with E-state index in [2.05, 4.69) is 21.7 Å². The molecule has 1 aromatic carbocycles. The molecule has 1 aromatic heterocycles. The average molecular weight is 335 g/mol. The van der Waals surface area contributed by atoms with E-state index in [0.29, 0.717) is 0 Å². The van der Waals surface area contributed by atoms with Gasteiger partial charge in [0.05, 0.1) is 0 Å². The Morgan fingerprint density at radius 2 is 1.92 bits per heavy atom. The van der Waals surface area contributed by atoms with Crippen molar-refractivity contribution in [1.29, 1.82) is 0 Å². The van der Waals surface area contributed by atoms with Crippen LogP contribution in [0.4, 0.5) is 0 Å². The van der Waals surface area contributed by atoms with Crippen molar-refractivity contribution < 1.29 is 18.9 Å². The van der Waals surface area contributed by atoms with E-state index in [4.69, 9.17) is 0 Å². The van der Waals surface area contributed by atoms with Gasteiger partial charge in [0.25, 0.3) is 0 Å². The van der Waals surface area contributed by atoms with Crippen LogP contribution in [0.2, 0.25) is 0 Å². The number of benzene rings is 1. The number of rotatable bonds is 1. The molecule has 0 spiro atoms. The van der Waals surface area contributed by atoms with Gasteiger partial charge in [0.15, 0.2) is 0 Å². The van der Waals surface area contributed by atoms with E-state index in [0.717, 1.165) is 10.0 Å². The summed E-state index contributed by atoms with van der Waals surface area (Å²) in [7, 11) is 0. The average Bonchev–Trinajstić information content (AvgIpc) is 2.53. The van der Waals surface area contributed by atoms with Gasteiger partial charge in [-0.25, -0.2) is 0 Å². The van der Waals surface area contributed by atoms with Crippen molar-refractivity contribution in [3.05, 3.63) is 42.7 Å². The standard InChI is InChI=1S/C9H7N2.Ir/c1-2-4-9(5-3-1)11-7-6-10-8-11;/h1-7H;. The first kappa shape index (κ1) is 7.71. The van der Waals surface area contributed by atoms with Crippen molar-refractivity contribution in [3.8, 4) is 5.69 Å². The van der Waals surface area contributed by atoms with Gasteiger partial charge in [-0.1, -0.05) is 0 Å². The number of nitrogens with zero attached hydrogens (tertiary/aromatic N) is 2. The maximum atomic E-state index is 4.16. The summed E-state index contributed by atoms with van der Waals surface area (Å²) in [5.41, 5.74) is 1.16. The van der Waals surface area contributed by atoms with Crippen LogP contribution < -0.4 is 4.34 Å². The monoisotopic (exact) mass is 336 g/mol. The molecule has 3 heteroatoms. The molecule has 0 unspecified atom stereocenters. The zero-order chi connectivity index (χ0) is 8.39.